The highest BCUT2D eigenvalue weighted by Crippen LogP contribution is 2.32. The van der Waals surface area contributed by atoms with E-state index >= 15 is 0 Å². The number of ether oxygens (including phenoxy) is 2. The molecule has 0 unspecified atom stereocenters. The molecule has 0 atom stereocenters. The molecule has 1 heterocycles. The summed E-state index contributed by atoms with van der Waals surface area (Å²) in [6.45, 7) is 1.46. The van der Waals surface area contributed by atoms with Crippen molar-refractivity contribution < 1.29 is 27.4 Å². The van der Waals surface area contributed by atoms with Crippen LogP contribution in [0.25, 0.3) is 0 Å². The van der Waals surface area contributed by atoms with E-state index in [-0.39, 0.29) is 12.5 Å². The van der Waals surface area contributed by atoms with Crippen molar-refractivity contribution in [1.82, 2.24) is 4.98 Å². The first-order valence-electron chi connectivity index (χ1n) is 4.69. The Hall–Kier alpha value is -1.79. The second kappa shape index (κ2) is 5.03. The second-order valence-corrected chi connectivity index (χ2v) is 2.97. The van der Waals surface area contributed by atoms with Crippen LogP contribution in [0.5, 0.6) is 5.88 Å². The lowest BCUT2D eigenvalue weighted by Crippen LogP contribution is -2.17. The van der Waals surface area contributed by atoms with Gasteiger partial charge in [0, 0.05) is 6.07 Å². The minimum atomic E-state index is -4.67. The molecule has 1 aromatic rings. The number of nitrogens with zero attached hydrogens (tertiary/aromatic N) is 1. The summed E-state index contributed by atoms with van der Waals surface area (Å²) < 4.78 is 47.0. The molecule has 0 N–H and O–H groups in total. The third kappa shape index (κ3) is 3.08. The zero-order valence-electron chi connectivity index (χ0n) is 9.17. The Morgan fingerprint density at radius 2 is 2.06 bits per heavy atom. The molecule has 0 spiro atoms. The SMILES string of the molecule is CCOC(=O)c1nc(OC)ccc1C(F)(F)F. The summed E-state index contributed by atoms with van der Waals surface area (Å²) in [5.74, 6) is -1.21. The van der Waals surface area contributed by atoms with Crippen molar-refractivity contribution in [2.75, 3.05) is 13.7 Å². The zero-order valence-corrected chi connectivity index (χ0v) is 9.17. The topological polar surface area (TPSA) is 48.4 Å². The maximum Gasteiger partial charge on any atom is 0.418 e. The van der Waals surface area contributed by atoms with E-state index in [9.17, 15) is 18.0 Å². The average molecular weight is 249 g/mol. The average Bonchev–Trinajstić information content (AvgIpc) is 2.27. The Labute approximate surface area is 95.4 Å². The molecule has 0 bridgehead atoms. The van der Waals surface area contributed by atoms with Crippen LogP contribution in [0.2, 0.25) is 0 Å². The highest BCUT2D eigenvalue weighted by Gasteiger charge is 2.37. The van der Waals surface area contributed by atoms with Crippen LogP contribution in [0.15, 0.2) is 12.1 Å². The molecular formula is C10H10F3NO3. The predicted molar refractivity (Wildman–Crippen MR) is 51.7 cm³/mol. The number of alkyl halides is 3. The number of carbonyl (C=O) groups is 1. The Kier molecular flexibility index (Phi) is 3.93. The maximum atomic E-state index is 12.6. The largest absolute Gasteiger partial charge is 0.481 e. The molecule has 94 valence electrons. The lowest BCUT2D eigenvalue weighted by molar-refractivity contribution is -0.138. The molecule has 1 aromatic heterocycles. The molecule has 4 nitrogen and oxygen atoms in total. The van der Waals surface area contributed by atoms with Crippen LogP contribution in [-0.2, 0) is 10.9 Å². The van der Waals surface area contributed by atoms with Gasteiger partial charge < -0.3 is 9.47 Å². The molecule has 0 saturated heterocycles. The predicted octanol–water partition coefficient (Wildman–Crippen LogP) is 2.29. The molecule has 0 aliphatic heterocycles. The second-order valence-electron chi connectivity index (χ2n) is 2.97. The number of esters is 1. The van der Waals surface area contributed by atoms with Gasteiger partial charge in [0.1, 0.15) is 0 Å². The number of rotatable bonds is 3. The van der Waals surface area contributed by atoms with E-state index in [2.05, 4.69) is 14.5 Å². The fraction of sp³-hybridized carbons (Fsp3) is 0.400. The van der Waals surface area contributed by atoms with Crippen molar-refractivity contribution in [3.63, 3.8) is 0 Å². The molecule has 0 aromatic carbocycles. The van der Waals surface area contributed by atoms with Crippen molar-refractivity contribution in [3.8, 4) is 5.88 Å². The van der Waals surface area contributed by atoms with E-state index in [1.54, 1.807) is 0 Å². The van der Waals surface area contributed by atoms with Crippen molar-refractivity contribution in [3.05, 3.63) is 23.4 Å². The Balaban J connectivity index is 3.26. The van der Waals surface area contributed by atoms with Crippen LogP contribution < -0.4 is 4.74 Å². The van der Waals surface area contributed by atoms with Gasteiger partial charge in [-0.1, -0.05) is 0 Å². The van der Waals surface area contributed by atoms with Crippen molar-refractivity contribution in [2.45, 2.75) is 13.1 Å². The quantitative estimate of drug-likeness (QED) is 0.771. The lowest BCUT2D eigenvalue weighted by Gasteiger charge is -2.11. The number of hydrogen-bond acceptors (Lipinski definition) is 4. The summed E-state index contributed by atoms with van der Waals surface area (Å²) in [5.41, 5.74) is -1.93. The molecule has 0 saturated carbocycles. The van der Waals surface area contributed by atoms with Crippen LogP contribution in [0.4, 0.5) is 13.2 Å². The van der Waals surface area contributed by atoms with Crippen LogP contribution in [-0.4, -0.2) is 24.7 Å². The molecule has 0 fully saturated rings. The smallest absolute Gasteiger partial charge is 0.418 e. The first kappa shape index (κ1) is 13.3. The van der Waals surface area contributed by atoms with E-state index in [1.165, 1.54) is 14.0 Å². The Bertz CT molecular complexity index is 418. The number of aromatic nitrogens is 1. The van der Waals surface area contributed by atoms with Crippen molar-refractivity contribution >= 4 is 5.97 Å². The summed E-state index contributed by atoms with van der Waals surface area (Å²) >= 11 is 0. The number of carbonyl (C=O) groups excluding carboxylic acids is 1. The number of hydrogen-bond donors (Lipinski definition) is 0. The summed E-state index contributed by atoms with van der Waals surface area (Å²) in [5, 5.41) is 0. The van der Waals surface area contributed by atoms with Crippen LogP contribution in [0.3, 0.4) is 0 Å². The zero-order chi connectivity index (χ0) is 13.1. The van der Waals surface area contributed by atoms with E-state index in [0.29, 0.717) is 0 Å². The molecule has 0 radical (unpaired) electrons. The molecule has 0 aliphatic carbocycles. The van der Waals surface area contributed by atoms with E-state index in [0.717, 1.165) is 12.1 Å². The highest BCUT2D eigenvalue weighted by molar-refractivity contribution is 5.89. The standard InChI is InChI=1S/C10H10F3NO3/c1-3-17-9(15)8-6(10(11,12)13)4-5-7(14-8)16-2/h4-5H,3H2,1-2H3. The fourth-order valence-corrected chi connectivity index (χ4v) is 1.14. The number of pyridine rings is 1. The van der Waals surface area contributed by atoms with Crippen LogP contribution in [0.1, 0.15) is 23.0 Å². The van der Waals surface area contributed by atoms with Gasteiger partial charge >= 0.3 is 12.1 Å². The van der Waals surface area contributed by atoms with Gasteiger partial charge in [-0.15, -0.1) is 0 Å². The van der Waals surface area contributed by atoms with Gasteiger partial charge in [-0.25, -0.2) is 9.78 Å². The fourth-order valence-electron chi connectivity index (χ4n) is 1.14. The molecule has 17 heavy (non-hydrogen) atoms. The minimum absolute atomic E-state index is 0.0327. The minimum Gasteiger partial charge on any atom is -0.481 e. The van der Waals surface area contributed by atoms with Gasteiger partial charge in [0.05, 0.1) is 19.3 Å². The Morgan fingerprint density at radius 3 is 2.53 bits per heavy atom. The summed E-state index contributed by atoms with van der Waals surface area (Å²) in [6.07, 6.45) is -4.67. The normalized spacial score (nSPS) is 11.1. The van der Waals surface area contributed by atoms with Crippen LogP contribution in [0, 0.1) is 0 Å². The Morgan fingerprint density at radius 1 is 1.41 bits per heavy atom. The summed E-state index contributed by atoms with van der Waals surface area (Å²) in [4.78, 5) is 14.8. The van der Waals surface area contributed by atoms with Gasteiger partial charge in [-0.05, 0) is 13.0 Å². The lowest BCUT2D eigenvalue weighted by atomic mass is 10.2. The van der Waals surface area contributed by atoms with E-state index in [4.69, 9.17) is 0 Å². The monoisotopic (exact) mass is 249 g/mol. The maximum absolute atomic E-state index is 12.6. The first-order valence-corrected chi connectivity index (χ1v) is 4.69. The molecule has 0 aliphatic rings. The van der Waals surface area contributed by atoms with Gasteiger partial charge in [0.15, 0.2) is 5.69 Å². The van der Waals surface area contributed by atoms with Gasteiger partial charge in [0.25, 0.3) is 0 Å². The summed E-state index contributed by atoms with van der Waals surface area (Å²) in [7, 11) is 1.24. The summed E-state index contributed by atoms with van der Waals surface area (Å²) in [6, 6.07) is 1.77. The molecule has 0 amide bonds. The first-order chi connectivity index (χ1) is 7.90. The van der Waals surface area contributed by atoms with Gasteiger partial charge in [-0.2, -0.15) is 13.2 Å². The molecule has 7 heteroatoms. The van der Waals surface area contributed by atoms with Crippen LogP contribution >= 0.6 is 0 Å². The van der Waals surface area contributed by atoms with E-state index in [1.807, 2.05) is 0 Å². The van der Waals surface area contributed by atoms with Crippen molar-refractivity contribution in [2.24, 2.45) is 0 Å². The van der Waals surface area contributed by atoms with Gasteiger partial charge in [0.2, 0.25) is 5.88 Å². The third-order valence-corrected chi connectivity index (χ3v) is 1.85. The third-order valence-electron chi connectivity index (χ3n) is 1.85. The molecule has 1 rings (SSSR count). The van der Waals surface area contributed by atoms with Gasteiger partial charge in [-0.3, -0.25) is 0 Å². The number of halogens is 3. The highest BCUT2D eigenvalue weighted by atomic mass is 19.4. The van der Waals surface area contributed by atoms with E-state index < -0.39 is 23.4 Å². The van der Waals surface area contributed by atoms with Crippen molar-refractivity contribution in [1.29, 1.82) is 0 Å². The molecular weight excluding hydrogens is 239 g/mol. The number of methoxy groups -OCH3 is 1.